The molecule has 0 radical (unpaired) electrons. The zero-order chi connectivity index (χ0) is 19.4. The summed E-state index contributed by atoms with van der Waals surface area (Å²) in [6.45, 7) is 3.38. The van der Waals surface area contributed by atoms with Gasteiger partial charge in [0.25, 0.3) is 0 Å². The van der Waals surface area contributed by atoms with E-state index in [2.05, 4.69) is 25.1 Å². The molecule has 5 rings (SSSR count). The molecule has 0 aliphatic carbocycles. The van der Waals surface area contributed by atoms with Crippen LogP contribution in [0.1, 0.15) is 17.1 Å². The molecule has 1 aliphatic heterocycles. The molecule has 0 unspecified atom stereocenters. The average molecular weight is 398 g/mol. The molecule has 0 spiro atoms. The maximum atomic E-state index is 13.5. The number of aromatic nitrogens is 6. The molecule has 0 atom stereocenters. The minimum absolute atomic E-state index is 0.308. The predicted molar refractivity (Wildman–Crippen MR) is 104 cm³/mol. The highest BCUT2D eigenvalue weighted by molar-refractivity contribution is 6.33. The minimum atomic E-state index is -0.384. The number of nitrogens with zero attached hydrogens (tertiary/aromatic N) is 7. The molecule has 28 heavy (non-hydrogen) atoms. The fourth-order valence-electron chi connectivity index (χ4n) is 3.78. The van der Waals surface area contributed by atoms with Gasteiger partial charge in [-0.05, 0) is 37.1 Å². The summed E-state index contributed by atoms with van der Waals surface area (Å²) in [5.41, 5.74) is 4.49. The Morgan fingerprint density at radius 1 is 1.21 bits per heavy atom. The van der Waals surface area contributed by atoms with Gasteiger partial charge in [0, 0.05) is 19.2 Å². The summed E-state index contributed by atoms with van der Waals surface area (Å²) >= 11 is 6.33. The highest BCUT2D eigenvalue weighted by Crippen LogP contribution is 2.35. The van der Waals surface area contributed by atoms with Crippen LogP contribution in [-0.4, -0.2) is 35.9 Å². The van der Waals surface area contributed by atoms with Crippen molar-refractivity contribution in [3.05, 3.63) is 58.6 Å². The van der Waals surface area contributed by atoms with Crippen molar-refractivity contribution in [2.24, 2.45) is 7.05 Å². The molecule has 0 saturated carbocycles. The summed E-state index contributed by atoms with van der Waals surface area (Å²) in [7, 11) is 1.95. The number of halogens is 2. The number of benzene rings is 1. The summed E-state index contributed by atoms with van der Waals surface area (Å²) in [5, 5.41) is 9.04. The first-order chi connectivity index (χ1) is 13.5. The number of aryl methyl sites for hydroxylation is 2. The Bertz CT molecular complexity index is 1210. The van der Waals surface area contributed by atoms with E-state index in [9.17, 15) is 4.39 Å². The third-order valence-corrected chi connectivity index (χ3v) is 5.51. The molecule has 7 nitrogen and oxygen atoms in total. The maximum absolute atomic E-state index is 13.5. The largest absolute Gasteiger partial charge is 0.348 e. The third-order valence-electron chi connectivity index (χ3n) is 5.20. The van der Waals surface area contributed by atoms with Gasteiger partial charge < -0.3 is 4.90 Å². The van der Waals surface area contributed by atoms with Gasteiger partial charge in [0.15, 0.2) is 5.82 Å². The lowest BCUT2D eigenvalue weighted by Gasteiger charge is -2.28. The summed E-state index contributed by atoms with van der Waals surface area (Å²) < 4.78 is 17.2. The van der Waals surface area contributed by atoms with E-state index in [-0.39, 0.29) is 5.82 Å². The number of fused-ring (bicyclic) bond motifs is 2. The van der Waals surface area contributed by atoms with Gasteiger partial charge in [-0.25, -0.2) is 18.9 Å². The normalized spacial score (nSPS) is 13.9. The van der Waals surface area contributed by atoms with Gasteiger partial charge in [0.2, 0.25) is 0 Å². The van der Waals surface area contributed by atoms with Gasteiger partial charge >= 0.3 is 0 Å². The molecule has 1 aromatic carbocycles. The topological polar surface area (TPSA) is 64.1 Å². The number of imidazole rings is 1. The standard InChI is InChI=1S/C19H17ClFN7/c1-11-25-17(14-4-3-13(21)7-15(14)20)18-19(22-10-24-28(11)18)27-6-5-12-8-23-26(2)16(12)9-27/h3-4,7-8,10H,5-6,9H2,1-2H3. The molecule has 9 heteroatoms. The van der Waals surface area contributed by atoms with E-state index in [1.54, 1.807) is 10.6 Å². The van der Waals surface area contributed by atoms with Crippen LogP contribution in [0.5, 0.6) is 0 Å². The Hall–Kier alpha value is -3.00. The molecule has 3 aromatic heterocycles. The van der Waals surface area contributed by atoms with Crippen LogP contribution in [0.2, 0.25) is 5.02 Å². The van der Waals surface area contributed by atoms with Crippen molar-refractivity contribution < 1.29 is 4.39 Å². The molecule has 0 N–H and O–H groups in total. The molecular weight excluding hydrogens is 381 g/mol. The van der Waals surface area contributed by atoms with Crippen LogP contribution < -0.4 is 4.90 Å². The first-order valence-corrected chi connectivity index (χ1v) is 9.31. The Balaban J connectivity index is 1.69. The summed E-state index contributed by atoms with van der Waals surface area (Å²) in [5.74, 6) is 1.11. The molecule has 142 valence electrons. The van der Waals surface area contributed by atoms with Crippen LogP contribution in [0.15, 0.2) is 30.7 Å². The smallest absolute Gasteiger partial charge is 0.159 e. The Morgan fingerprint density at radius 3 is 2.89 bits per heavy atom. The third kappa shape index (κ3) is 2.56. The summed E-state index contributed by atoms with van der Waals surface area (Å²) in [6.07, 6.45) is 4.35. The van der Waals surface area contributed by atoms with Crippen molar-refractivity contribution in [3.8, 4) is 11.3 Å². The number of rotatable bonds is 2. The van der Waals surface area contributed by atoms with Crippen LogP contribution in [-0.2, 0) is 20.0 Å². The van der Waals surface area contributed by atoms with E-state index in [1.807, 2.05) is 24.9 Å². The zero-order valence-electron chi connectivity index (χ0n) is 15.4. The Kier molecular flexibility index (Phi) is 3.83. The van der Waals surface area contributed by atoms with Crippen molar-refractivity contribution in [2.75, 3.05) is 11.4 Å². The van der Waals surface area contributed by atoms with Crippen molar-refractivity contribution in [1.29, 1.82) is 0 Å². The molecular formula is C19H17ClFN7. The van der Waals surface area contributed by atoms with Crippen molar-refractivity contribution in [3.63, 3.8) is 0 Å². The van der Waals surface area contributed by atoms with Crippen LogP contribution in [0.4, 0.5) is 10.2 Å². The number of hydrogen-bond donors (Lipinski definition) is 0. The van der Waals surface area contributed by atoms with E-state index in [1.165, 1.54) is 29.7 Å². The number of hydrogen-bond acceptors (Lipinski definition) is 5. The van der Waals surface area contributed by atoms with E-state index in [0.717, 1.165) is 24.3 Å². The monoisotopic (exact) mass is 397 g/mol. The van der Waals surface area contributed by atoms with Gasteiger partial charge in [-0.3, -0.25) is 4.68 Å². The van der Waals surface area contributed by atoms with E-state index in [0.29, 0.717) is 28.6 Å². The van der Waals surface area contributed by atoms with Crippen molar-refractivity contribution in [2.45, 2.75) is 19.9 Å². The van der Waals surface area contributed by atoms with Crippen LogP contribution >= 0.6 is 11.6 Å². The lowest BCUT2D eigenvalue weighted by atomic mass is 10.1. The molecule has 0 amide bonds. The Morgan fingerprint density at radius 2 is 2.07 bits per heavy atom. The molecule has 0 bridgehead atoms. The highest BCUT2D eigenvalue weighted by atomic mass is 35.5. The lowest BCUT2D eigenvalue weighted by Crippen LogP contribution is -2.32. The predicted octanol–water partition coefficient (Wildman–Crippen LogP) is 3.19. The second-order valence-corrected chi connectivity index (χ2v) is 7.29. The van der Waals surface area contributed by atoms with Gasteiger partial charge in [-0.15, -0.1) is 0 Å². The van der Waals surface area contributed by atoms with Gasteiger partial charge in [0.1, 0.15) is 29.2 Å². The van der Waals surface area contributed by atoms with E-state index >= 15 is 0 Å². The molecule has 4 aromatic rings. The summed E-state index contributed by atoms with van der Waals surface area (Å²) in [6, 6.07) is 4.32. The lowest BCUT2D eigenvalue weighted by molar-refractivity contribution is 0.628. The van der Waals surface area contributed by atoms with Crippen LogP contribution in [0.3, 0.4) is 0 Å². The molecule has 0 fully saturated rings. The van der Waals surface area contributed by atoms with E-state index in [4.69, 9.17) is 11.6 Å². The molecule has 1 aliphatic rings. The summed E-state index contributed by atoms with van der Waals surface area (Å²) in [4.78, 5) is 11.4. The van der Waals surface area contributed by atoms with Crippen LogP contribution in [0.25, 0.3) is 16.8 Å². The minimum Gasteiger partial charge on any atom is -0.348 e. The second kappa shape index (κ2) is 6.27. The molecule has 0 saturated heterocycles. The maximum Gasteiger partial charge on any atom is 0.159 e. The molecule has 4 heterocycles. The first kappa shape index (κ1) is 17.1. The van der Waals surface area contributed by atoms with Gasteiger partial charge in [-0.2, -0.15) is 10.2 Å². The Labute approximate surface area is 165 Å². The highest BCUT2D eigenvalue weighted by Gasteiger charge is 2.26. The van der Waals surface area contributed by atoms with Crippen molar-refractivity contribution >= 4 is 22.9 Å². The fraction of sp³-hybridized carbons (Fsp3) is 0.263. The van der Waals surface area contributed by atoms with Crippen molar-refractivity contribution in [1.82, 2.24) is 29.4 Å². The fourth-order valence-corrected chi connectivity index (χ4v) is 4.03. The second-order valence-electron chi connectivity index (χ2n) is 6.89. The quantitative estimate of drug-likeness (QED) is 0.519. The number of anilines is 1. The average Bonchev–Trinajstić information content (AvgIpc) is 3.22. The van der Waals surface area contributed by atoms with Crippen LogP contribution in [0, 0.1) is 12.7 Å². The van der Waals surface area contributed by atoms with Gasteiger partial charge in [0.05, 0.1) is 23.5 Å². The SMILES string of the molecule is Cc1nc(-c2ccc(F)cc2Cl)c2c(N3CCc4cnn(C)c4C3)ncnn12. The first-order valence-electron chi connectivity index (χ1n) is 8.93. The zero-order valence-corrected chi connectivity index (χ0v) is 16.2. The van der Waals surface area contributed by atoms with Gasteiger partial charge in [-0.1, -0.05) is 11.6 Å². The van der Waals surface area contributed by atoms with E-state index < -0.39 is 0 Å².